The lowest BCUT2D eigenvalue weighted by molar-refractivity contribution is 0.0351. The van der Waals surface area contributed by atoms with Crippen molar-refractivity contribution in [3.63, 3.8) is 0 Å². The Hall–Kier alpha value is -3.06. The average Bonchev–Trinajstić information content (AvgIpc) is 3.07. The van der Waals surface area contributed by atoms with Gasteiger partial charge in [0.05, 0.1) is 19.3 Å². The number of alkyl carbamates (subject to hydrolysis) is 1. The van der Waals surface area contributed by atoms with Gasteiger partial charge in [-0.3, -0.25) is 0 Å². The molecule has 7 heteroatoms. The van der Waals surface area contributed by atoms with E-state index in [1.807, 2.05) is 50.2 Å². The number of hydrogen-bond acceptors (Lipinski definition) is 6. The molecule has 1 aliphatic carbocycles. The smallest absolute Gasteiger partial charge is 0.449 e. The maximum atomic E-state index is 12.2. The molecule has 0 saturated heterocycles. The Balaban J connectivity index is 1.52. The fraction of sp³-hybridized carbons (Fsp3) is 0.391. The van der Waals surface area contributed by atoms with E-state index in [1.54, 1.807) is 0 Å². The number of rotatable bonds is 8. The van der Waals surface area contributed by atoms with Crippen LogP contribution < -0.4 is 5.32 Å². The molecule has 0 fully saturated rings. The quantitative estimate of drug-likeness (QED) is 0.641. The molecule has 1 aliphatic rings. The summed E-state index contributed by atoms with van der Waals surface area (Å²) in [6, 6.07) is 15.3. The zero-order valence-electron chi connectivity index (χ0n) is 17.2. The predicted molar refractivity (Wildman–Crippen MR) is 111 cm³/mol. The van der Waals surface area contributed by atoms with Crippen LogP contribution in [0.25, 0.3) is 11.1 Å². The van der Waals surface area contributed by atoms with Crippen LogP contribution in [0.15, 0.2) is 48.5 Å². The number of hydrogen-bond donors (Lipinski definition) is 2. The number of benzene rings is 2. The Labute approximate surface area is 176 Å². The van der Waals surface area contributed by atoms with Gasteiger partial charge >= 0.3 is 12.2 Å². The summed E-state index contributed by atoms with van der Waals surface area (Å²) >= 11 is 0. The van der Waals surface area contributed by atoms with E-state index in [9.17, 15) is 14.7 Å². The second-order valence-corrected chi connectivity index (χ2v) is 7.62. The van der Waals surface area contributed by atoms with Crippen LogP contribution in [0, 0.1) is 5.92 Å². The van der Waals surface area contributed by atoms with Crippen molar-refractivity contribution in [2.24, 2.45) is 5.92 Å². The Morgan fingerprint density at radius 2 is 1.50 bits per heavy atom. The van der Waals surface area contributed by atoms with Crippen molar-refractivity contribution < 1.29 is 28.9 Å². The van der Waals surface area contributed by atoms with E-state index in [4.69, 9.17) is 14.2 Å². The summed E-state index contributed by atoms with van der Waals surface area (Å²) in [7, 11) is 0. The minimum atomic E-state index is -0.837. The standard InChI is InChI=1S/C23H27NO6/c1-15(2)12-29-23(27)30-13-16(11-25)24-22(26)28-14-21-19-9-5-3-7-17(19)18-8-4-6-10-20(18)21/h3-10,15-16,21,25H,11-14H2,1-2H3,(H,24,26). The van der Waals surface area contributed by atoms with Gasteiger partial charge in [-0.2, -0.15) is 0 Å². The zero-order chi connectivity index (χ0) is 21.5. The van der Waals surface area contributed by atoms with Gasteiger partial charge in [-0.15, -0.1) is 0 Å². The van der Waals surface area contributed by atoms with Gasteiger partial charge in [-0.05, 0) is 28.2 Å². The second kappa shape index (κ2) is 10.1. The summed E-state index contributed by atoms with van der Waals surface area (Å²) in [5.74, 6) is 0.128. The third-order valence-electron chi connectivity index (χ3n) is 4.82. The number of aliphatic hydroxyl groups is 1. The minimum absolute atomic E-state index is 0.0574. The van der Waals surface area contributed by atoms with Crippen LogP contribution in [-0.2, 0) is 14.2 Å². The highest BCUT2D eigenvalue weighted by Gasteiger charge is 2.29. The molecule has 1 unspecified atom stereocenters. The Morgan fingerprint density at radius 3 is 2.07 bits per heavy atom. The van der Waals surface area contributed by atoms with E-state index in [0.29, 0.717) is 0 Å². The van der Waals surface area contributed by atoms with Crippen molar-refractivity contribution in [2.75, 3.05) is 26.4 Å². The van der Waals surface area contributed by atoms with E-state index in [0.717, 1.165) is 22.3 Å². The first-order chi connectivity index (χ1) is 14.5. The monoisotopic (exact) mass is 413 g/mol. The highest BCUT2D eigenvalue weighted by Crippen LogP contribution is 2.44. The van der Waals surface area contributed by atoms with E-state index in [2.05, 4.69) is 17.4 Å². The maximum Gasteiger partial charge on any atom is 0.508 e. The van der Waals surface area contributed by atoms with Crippen LogP contribution in [0.1, 0.15) is 30.9 Å². The van der Waals surface area contributed by atoms with Crippen LogP contribution >= 0.6 is 0 Å². The summed E-state index contributed by atoms with van der Waals surface area (Å²) in [6.45, 7) is 3.60. The Morgan fingerprint density at radius 1 is 0.933 bits per heavy atom. The van der Waals surface area contributed by atoms with E-state index < -0.39 is 24.9 Å². The molecular formula is C23H27NO6. The first kappa shape index (κ1) is 21.6. The van der Waals surface area contributed by atoms with Gasteiger partial charge in [0.25, 0.3) is 0 Å². The topological polar surface area (TPSA) is 94.1 Å². The zero-order valence-corrected chi connectivity index (χ0v) is 17.2. The predicted octanol–water partition coefficient (Wildman–Crippen LogP) is 3.70. The Bertz CT molecular complexity index is 836. The molecule has 1 atom stereocenters. The lowest BCUT2D eigenvalue weighted by atomic mass is 9.98. The number of carbonyl (C=O) groups excluding carboxylic acids is 2. The largest absolute Gasteiger partial charge is 0.508 e. The van der Waals surface area contributed by atoms with Gasteiger partial charge in [0.15, 0.2) is 0 Å². The summed E-state index contributed by atoms with van der Waals surface area (Å²) in [4.78, 5) is 23.8. The average molecular weight is 413 g/mol. The molecule has 2 aromatic rings. The van der Waals surface area contributed by atoms with Gasteiger partial charge < -0.3 is 24.6 Å². The van der Waals surface area contributed by atoms with Crippen LogP contribution in [0.2, 0.25) is 0 Å². The maximum absolute atomic E-state index is 12.2. The summed E-state index contributed by atoms with van der Waals surface area (Å²) < 4.78 is 15.2. The van der Waals surface area contributed by atoms with Crippen molar-refractivity contribution in [3.8, 4) is 11.1 Å². The molecule has 0 spiro atoms. The number of nitrogens with one attached hydrogen (secondary N) is 1. The van der Waals surface area contributed by atoms with Gasteiger partial charge in [0.2, 0.25) is 0 Å². The molecule has 0 bridgehead atoms. The van der Waals surface area contributed by atoms with Gasteiger partial charge in [-0.1, -0.05) is 62.4 Å². The highest BCUT2D eigenvalue weighted by molar-refractivity contribution is 5.79. The SMILES string of the molecule is CC(C)COC(=O)OCC(CO)NC(=O)OCC1c2ccccc2-c2ccccc21. The van der Waals surface area contributed by atoms with Crippen molar-refractivity contribution in [1.29, 1.82) is 0 Å². The van der Waals surface area contributed by atoms with Crippen LogP contribution in [0.4, 0.5) is 9.59 Å². The molecule has 160 valence electrons. The third kappa shape index (κ3) is 5.30. The van der Waals surface area contributed by atoms with E-state index >= 15 is 0 Å². The number of fused-ring (bicyclic) bond motifs is 3. The molecule has 3 rings (SSSR count). The van der Waals surface area contributed by atoms with Crippen molar-refractivity contribution in [3.05, 3.63) is 59.7 Å². The van der Waals surface area contributed by atoms with Gasteiger partial charge in [0.1, 0.15) is 13.2 Å². The lowest BCUT2D eigenvalue weighted by Gasteiger charge is -2.18. The minimum Gasteiger partial charge on any atom is -0.449 e. The molecule has 2 aromatic carbocycles. The first-order valence-electron chi connectivity index (χ1n) is 10.0. The summed E-state index contributed by atoms with van der Waals surface area (Å²) in [5.41, 5.74) is 4.51. The van der Waals surface area contributed by atoms with Gasteiger partial charge in [-0.25, -0.2) is 9.59 Å². The lowest BCUT2D eigenvalue weighted by Crippen LogP contribution is -2.42. The van der Waals surface area contributed by atoms with Crippen molar-refractivity contribution in [1.82, 2.24) is 5.32 Å². The number of ether oxygens (including phenoxy) is 3. The fourth-order valence-electron chi connectivity index (χ4n) is 3.39. The third-order valence-corrected chi connectivity index (χ3v) is 4.82. The summed E-state index contributed by atoms with van der Waals surface area (Å²) in [6.07, 6.45) is -1.52. The van der Waals surface area contributed by atoms with E-state index in [-0.39, 0.29) is 31.7 Å². The number of aliphatic hydroxyl groups excluding tert-OH is 1. The molecule has 0 heterocycles. The molecule has 0 radical (unpaired) electrons. The Kier molecular flexibility index (Phi) is 7.30. The van der Waals surface area contributed by atoms with E-state index in [1.165, 1.54) is 0 Å². The molecule has 0 aromatic heterocycles. The van der Waals surface area contributed by atoms with Crippen LogP contribution in [0.3, 0.4) is 0 Å². The molecule has 30 heavy (non-hydrogen) atoms. The molecule has 2 N–H and O–H groups in total. The van der Waals surface area contributed by atoms with Gasteiger partial charge in [0, 0.05) is 5.92 Å². The molecule has 7 nitrogen and oxygen atoms in total. The molecule has 0 saturated carbocycles. The highest BCUT2D eigenvalue weighted by atomic mass is 16.7. The molecule has 0 aliphatic heterocycles. The van der Waals surface area contributed by atoms with Crippen molar-refractivity contribution in [2.45, 2.75) is 25.8 Å². The summed E-state index contributed by atoms with van der Waals surface area (Å²) in [5, 5.41) is 12.0. The van der Waals surface area contributed by atoms with Crippen LogP contribution in [0.5, 0.6) is 0 Å². The fourth-order valence-corrected chi connectivity index (χ4v) is 3.39. The normalized spacial score (nSPS) is 13.3. The molecular weight excluding hydrogens is 386 g/mol. The molecule has 1 amide bonds. The van der Waals surface area contributed by atoms with Crippen molar-refractivity contribution >= 4 is 12.2 Å². The first-order valence-corrected chi connectivity index (χ1v) is 10.0. The number of carbonyl (C=O) groups is 2. The second-order valence-electron chi connectivity index (χ2n) is 7.62. The van der Waals surface area contributed by atoms with Crippen LogP contribution in [-0.4, -0.2) is 49.8 Å². The number of amides is 1.